The van der Waals surface area contributed by atoms with Crippen LogP contribution in [0.2, 0.25) is 0 Å². The lowest BCUT2D eigenvalue weighted by Crippen LogP contribution is -2.17. The molecule has 0 amide bonds. The Kier molecular flexibility index (Phi) is 2.54. The predicted octanol–water partition coefficient (Wildman–Crippen LogP) is 2.44. The maximum absolute atomic E-state index is 9.80. The Hall–Kier alpha value is -0.540. The van der Waals surface area contributed by atoms with E-state index in [0.717, 1.165) is 23.0 Å². The number of phenolic OH excluding ortho intramolecular Hbond substituents is 1. The zero-order valence-corrected chi connectivity index (χ0v) is 9.55. The Morgan fingerprint density at radius 1 is 1.43 bits per heavy atom. The molecule has 1 aliphatic carbocycles. The monoisotopic (exact) mass is 255 g/mol. The number of nitrogens with two attached hydrogens (primary N) is 1. The summed E-state index contributed by atoms with van der Waals surface area (Å²) in [5.74, 6) is 0.368. The first-order chi connectivity index (χ1) is 6.67. The summed E-state index contributed by atoms with van der Waals surface area (Å²) in [6.45, 7) is 0.721. The summed E-state index contributed by atoms with van der Waals surface area (Å²) in [5.41, 5.74) is 6.99. The van der Waals surface area contributed by atoms with E-state index in [2.05, 4.69) is 15.9 Å². The van der Waals surface area contributed by atoms with Crippen LogP contribution in [-0.2, 0) is 6.42 Å². The quantitative estimate of drug-likeness (QED) is 0.872. The number of aromatic hydroxyl groups is 1. The van der Waals surface area contributed by atoms with Crippen LogP contribution in [-0.4, -0.2) is 11.7 Å². The van der Waals surface area contributed by atoms with Crippen LogP contribution in [0.3, 0.4) is 0 Å². The normalized spacial score (nSPS) is 18.1. The maximum atomic E-state index is 9.80. The van der Waals surface area contributed by atoms with Crippen molar-refractivity contribution in [2.24, 2.45) is 11.1 Å². The molecule has 0 atom stereocenters. The van der Waals surface area contributed by atoms with Gasteiger partial charge in [0.05, 0.1) is 4.47 Å². The Labute approximate surface area is 92.3 Å². The molecule has 0 spiro atoms. The number of benzene rings is 1. The Balaban J connectivity index is 2.21. The van der Waals surface area contributed by atoms with Crippen LogP contribution in [0, 0.1) is 5.41 Å². The highest BCUT2D eigenvalue weighted by Gasteiger charge is 2.41. The van der Waals surface area contributed by atoms with Gasteiger partial charge in [-0.25, -0.2) is 0 Å². The Bertz CT molecular complexity index is 347. The molecule has 2 nitrogen and oxygen atoms in total. The molecule has 14 heavy (non-hydrogen) atoms. The van der Waals surface area contributed by atoms with E-state index < -0.39 is 0 Å². The van der Waals surface area contributed by atoms with Crippen LogP contribution in [0.25, 0.3) is 0 Å². The fraction of sp³-hybridized carbons (Fsp3) is 0.455. The Morgan fingerprint density at radius 3 is 2.71 bits per heavy atom. The van der Waals surface area contributed by atoms with Gasteiger partial charge in [0.2, 0.25) is 0 Å². The van der Waals surface area contributed by atoms with E-state index >= 15 is 0 Å². The van der Waals surface area contributed by atoms with Crippen LogP contribution in [0.5, 0.6) is 5.75 Å². The first kappa shape index (κ1) is 9.99. The molecule has 76 valence electrons. The summed E-state index contributed by atoms with van der Waals surface area (Å²) < 4.78 is 0.767. The number of halogens is 1. The highest BCUT2D eigenvalue weighted by Crippen LogP contribution is 2.48. The molecule has 3 N–H and O–H groups in total. The topological polar surface area (TPSA) is 46.2 Å². The van der Waals surface area contributed by atoms with Crippen molar-refractivity contribution in [2.45, 2.75) is 19.3 Å². The average molecular weight is 256 g/mol. The van der Waals surface area contributed by atoms with Gasteiger partial charge in [-0.1, -0.05) is 12.1 Å². The van der Waals surface area contributed by atoms with Crippen molar-refractivity contribution >= 4 is 15.9 Å². The molecule has 0 heterocycles. The number of hydrogen-bond acceptors (Lipinski definition) is 2. The number of phenols is 1. The van der Waals surface area contributed by atoms with Gasteiger partial charge in [-0.3, -0.25) is 0 Å². The highest BCUT2D eigenvalue weighted by molar-refractivity contribution is 9.10. The molecule has 2 rings (SSSR count). The molecule has 0 aromatic heterocycles. The van der Waals surface area contributed by atoms with Crippen molar-refractivity contribution in [1.82, 2.24) is 0 Å². The second kappa shape index (κ2) is 3.55. The third kappa shape index (κ3) is 1.79. The summed E-state index contributed by atoms with van der Waals surface area (Å²) in [5, 5.41) is 9.80. The highest BCUT2D eigenvalue weighted by atomic mass is 79.9. The van der Waals surface area contributed by atoms with Crippen molar-refractivity contribution in [2.75, 3.05) is 6.54 Å². The summed E-state index contributed by atoms with van der Waals surface area (Å²) in [6.07, 6.45) is 3.28. The maximum Gasteiger partial charge on any atom is 0.132 e. The summed E-state index contributed by atoms with van der Waals surface area (Å²) in [4.78, 5) is 0. The lowest BCUT2D eigenvalue weighted by molar-refractivity contribution is 0.447. The zero-order valence-electron chi connectivity index (χ0n) is 7.96. The van der Waals surface area contributed by atoms with E-state index in [1.165, 1.54) is 12.8 Å². The lowest BCUT2D eigenvalue weighted by Gasteiger charge is -2.13. The van der Waals surface area contributed by atoms with Crippen LogP contribution in [0.1, 0.15) is 18.4 Å². The van der Waals surface area contributed by atoms with Crippen molar-refractivity contribution in [1.29, 1.82) is 0 Å². The third-order valence-corrected chi connectivity index (χ3v) is 3.67. The van der Waals surface area contributed by atoms with E-state index in [1.54, 1.807) is 0 Å². The largest absolute Gasteiger partial charge is 0.506 e. The van der Waals surface area contributed by atoms with Crippen LogP contribution in [0.15, 0.2) is 22.7 Å². The molecule has 3 heteroatoms. The fourth-order valence-electron chi connectivity index (χ4n) is 1.74. The van der Waals surface area contributed by atoms with Crippen LogP contribution < -0.4 is 5.73 Å². The average Bonchev–Trinajstić information content (AvgIpc) is 2.94. The van der Waals surface area contributed by atoms with Crippen molar-refractivity contribution < 1.29 is 5.11 Å². The van der Waals surface area contributed by atoms with Gasteiger partial charge in [0.15, 0.2) is 0 Å². The van der Waals surface area contributed by atoms with E-state index in [0.29, 0.717) is 5.75 Å². The van der Waals surface area contributed by atoms with E-state index in [4.69, 9.17) is 5.73 Å². The first-order valence-corrected chi connectivity index (χ1v) is 5.63. The third-order valence-electron chi connectivity index (χ3n) is 3.03. The van der Waals surface area contributed by atoms with Gasteiger partial charge in [0.1, 0.15) is 5.75 Å². The fourth-order valence-corrected chi connectivity index (χ4v) is 2.14. The molecule has 1 aromatic carbocycles. The van der Waals surface area contributed by atoms with Gasteiger partial charge in [-0.2, -0.15) is 0 Å². The summed E-state index contributed by atoms with van der Waals surface area (Å²) >= 11 is 3.31. The molecular formula is C11H14BrNO. The number of hydrogen-bond donors (Lipinski definition) is 2. The minimum absolute atomic E-state index is 0.276. The van der Waals surface area contributed by atoms with Crippen molar-refractivity contribution in [3.8, 4) is 5.75 Å². The zero-order chi connectivity index (χ0) is 10.2. The second-order valence-electron chi connectivity index (χ2n) is 4.13. The minimum atomic E-state index is 0.276. The number of para-hydroxylation sites is 1. The van der Waals surface area contributed by atoms with Crippen molar-refractivity contribution in [3.63, 3.8) is 0 Å². The molecule has 1 fully saturated rings. The van der Waals surface area contributed by atoms with Crippen LogP contribution in [0.4, 0.5) is 0 Å². The van der Waals surface area contributed by atoms with Gasteiger partial charge in [-0.15, -0.1) is 0 Å². The molecular weight excluding hydrogens is 242 g/mol. The van der Waals surface area contributed by atoms with Gasteiger partial charge in [0.25, 0.3) is 0 Å². The van der Waals surface area contributed by atoms with Gasteiger partial charge in [-0.05, 0) is 58.8 Å². The van der Waals surface area contributed by atoms with Crippen LogP contribution >= 0.6 is 15.9 Å². The molecule has 0 bridgehead atoms. The molecule has 1 saturated carbocycles. The second-order valence-corrected chi connectivity index (χ2v) is 4.98. The predicted molar refractivity (Wildman–Crippen MR) is 60.2 cm³/mol. The van der Waals surface area contributed by atoms with Gasteiger partial charge < -0.3 is 10.8 Å². The molecule has 1 aromatic rings. The molecule has 0 radical (unpaired) electrons. The smallest absolute Gasteiger partial charge is 0.132 e. The first-order valence-electron chi connectivity index (χ1n) is 4.83. The molecule has 0 unspecified atom stereocenters. The van der Waals surface area contributed by atoms with Gasteiger partial charge in [0, 0.05) is 0 Å². The van der Waals surface area contributed by atoms with E-state index in [9.17, 15) is 5.11 Å². The molecule has 1 aliphatic rings. The van der Waals surface area contributed by atoms with E-state index in [1.807, 2.05) is 18.2 Å². The summed E-state index contributed by atoms with van der Waals surface area (Å²) in [6, 6.07) is 5.77. The summed E-state index contributed by atoms with van der Waals surface area (Å²) in [7, 11) is 0. The van der Waals surface area contributed by atoms with Crippen molar-refractivity contribution in [3.05, 3.63) is 28.2 Å². The Morgan fingerprint density at radius 2 is 2.14 bits per heavy atom. The molecule has 0 saturated heterocycles. The SMILES string of the molecule is NCC1(Cc2cccc(Br)c2O)CC1. The van der Waals surface area contributed by atoms with Gasteiger partial charge >= 0.3 is 0 Å². The minimum Gasteiger partial charge on any atom is -0.506 e. The number of rotatable bonds is 3. The lowest BCUT2D eigenvalue weighted by atomic mass is 9.96. The van der Waals surface area contributed by atoms with E-state index in [-0.39, 0.29) is 5.41 Å². The molecule has 0 aliphatic heterocycles. The standard InChI is InChI=1S/C11H14BrNO/c12-9-3-1-2-8(10(9)14)6-11(7-13)4-5-11/h1-3,14H,4-7,13H2.